The van der Waals surface area contributed by atoms with Gasteiger partial charge in [0.15, 0.2) is 0 Å². The summed E-state index contributed by atoms with van der Waals surface area (Å²) in [6.07, 6.45) is 0. The summed E-state index contributed by atoms with van der Waals surface area (Å²) in [6, 6.07) is 8.49. The lowest BCUT2D eigenvalue weighted by atomic mass is 10.1. The Bertz CT molecular complexity index is 722. The fourth-order valence-corrected chi connectivity index (χ4v) is 2.93. The van der Waals surface area contributed by atoms with E-state index in [1.165, 1.54) is 13.8 Å². The summed E-state index contributed by atoms with van der Waals surface area (Å²) in [5, 5.41) is 10.1. The van der Waals surface area contributed by atoms with Gasteiger partial charge in [0, 0.05) is 35.7 Å². The molecule has 1 aromatic carbocycles. The standard InChI is InChI=1S/C17H19N3O3S/c1-10(16-5-4-6-24-16)18-17(23)13-7-14(19-11(2)21)9-15(8-13)20-12(3)22/h4-10H,1-3H3,(H,18,23)(H,19,21)(H,20,22). The number of amides is 3. The van der Waals surface area contributed by atoms with Gasteiger partial charge in [-0.3, -0.25) is 14.4 Å². The van der Waals surface area contributed by atoms with Crippen molar-refractivity contribution in [1.82, 2.24) is 5.32 Å². The van der Waals surface area contributed by atoms with Crippen LogP contribution in [0.15, 0.2) is 35.7 Å². The lowest BCUT2D eigenvalue weighted by Crippen LogP contribution is -2.26. The molecule has 0 spiro atoms. The number of carbonyl (C=O) groups excluding carboxylic acids is 3. The predicted molar refractivity (Wildman–Crippen MR) is 95.2 cm³/mol. The van der Waals surface area contributed by atoms with E-state index < -0.39 is 0 Å². The van der Waals surface area contributed by atoms with Crippen molar-refractivity contribution in [3.8, 4) is 0 Å². The van der Waals surface area contributed by atoms with Gasteiger partial charge in [-0.25, -0.2) is 0 Å². The Morgan fingerprint density at radius 3 is 2.04 bits per heavy atom. The van der Waals surface area contributed by atoms with Gasteiger partial charge in [0.2, 0.25) is 11.8 Å². The average molecular weight is 345 g/mol. The second-order valence-corrected chi connectivity index (χ2v) is 6.35. The summed E-state index contributed by atoms with van der Waals surface area (Å²) in [5.74, 6) is -0.795. The van der Waals surface area contributed by atoms with Gasteiger partial charge in [-0.05, 0) is 36.6 Å². The highest BCUT2D eigenvalue weighted by atomic mass is 32.1. The fourth-order valence-electron chi connectivity index (χ4n) is 2.20. The maximum atomic E-state index is 12.5. The van der Waals surface area contributed by atoms with Crippen molar-refractivity contribution in [2.45, 2.75) is 26.8 Å². The number of hydrogen-bond acceptors (Lipinski definition) is 4. The van der Waals surface area contributed by atoms with E-state index in [4.69, 9.17) is 0 Å². The maximum absolute atomic E-state index is 12.5. The Morgan fingerprint density at radius 1 is 1.00 bits per heavy atom. The molecule has 24 heavy (non-hydrogen) atoms. The molecule has 0 aliphatic carbocycles. The van der Waals surface area contributed by atoms with E-state index in [9.17, 15) is 14.4 Å². The molecule has 126 valence electrons. The summed E-state index contributed by atoms with van der Waals surface area (Å²) in [6.45, 7) is 4.66. The predicted octanol–water partition coefficient (Wildman–Crippen LogP) is 3.16. The Hall–Kier alpha value is -2.67. The molecule has 3 amide bonds. The fraction of sp³-hybridized carbons (Fsp3) is 0.235. The van der Waals surface area contributed by atoms with Gasteiger partial charge in [0.05, 0.1) is 6.04 Å². The lowest BCUT2D eigenvalue weighted by molar-refractivity contribution is -0.115. The molecule has 0 saturated carbocycles. The summed E-state index contributed by atoms with van der Waals surface area (Å²) in [4.78, 5) is 36.1. The number of benzene rings is 1. The SMILES string of the molecule is CC(=O)Nc1cc(NC(C)=O)cc(C(=O)NC(C)c2cccs2)c1. The second kappa shape index (κ2) is 7.74. The summed E-state index contributed by atoms with van der Waals surface area (Å²) in [7, 11) is 0. The van der Waals surface area contributed by atoms with Gasteiger partial charge in [-0.15, -0.1) is 11.3 Å². The number of nitrogens with one attached hydrogen (secondary N) is 3. The van der Waals surface area contributed by atoms with E-state index in [0.29, 0.717) is 16.9 Å². The topological polar surface area (TPSA) is 87.3 Å². The molecule has 0 bridgehead atoms. The van der Waals surface area contributed by atoms with Crippen molar-refractivity contribution in [2.75, 3.05) is 10.6 Å². The minimum absolute atomic E-state index is 0.133. The van der Waals surface area contributed by atoms with Crippen LogP contribution in [0.1, 0.15) is 42.0 Å². The van der Waals surface area contributed by atoms with Crippen LogP contribution in [0.5, 0.6) is 0 Å². The normalized spacial score (nSPS) is 11.5. The van der Waals surface area contributed by atoms with Gasteiger partial charge in [-0.2, -0.15) is 0 Å². The molecule has 7 heteroatoms. The zero-order chi connectivity index (χ0) is 17.7. The maximum Gasteiger partial charge on any atom is 0.251 e. The number of rotatable bonds is 5. The van der Waals surface area contributed by atoms with Crippen LogP contribution in [0, 0.1) is 0 Å². The third kappa shape index (κ3) is 4.92. The molecule has 1 unspecified atom stereocenters. The number of carbonyl (C=O) groups is 3. The van der Waals surface area contributed by atoms with E-state index in [1.54, 1.807) is 29.5 Å². The van der Waals surface area contributed by atoms with Crippen LogP contribution in [0.3, 0.4) is 0 Å². The molecule has 1 heterocycles. The highest BCUT2D eigenvalue weighted by molar-refractivity contribution is 7.10. The van der Waals surface area contributed by atoms with Gasteiger partial charge in [0.1, 0.15) is 0 Å². The van der Waals surface area contributed by atoms with E-state index in [2.05, 4.69) is 16.0 Å². The Balaban J connectivity index is 2.24. The van der Waals surface area contributed by atoms with Gasteiger partial charge >= 0.3 is 0 Å². The summed E-state index contributed by atoms with van der Waals surface area (Å²) in [5.41, 5.74) is 1.25. The van der Waals surface area contributed by atoms with Crippen molar-refractivity contribution in [3.05, 3.63) is 46.2 Å². The first-order chi connectivity index (χ1) is 11.3. The quantitative estimate of drug-likeness (QED) is 0.778. The van der Waals surface area contributed by atoms with Crippen molar-refractivity contribution in [2.24, 2.45) is 0 Å². The highest BCUT2D eigenvalue weighted by Crippen LogP contribution is 2.22. The first-order valence-electron chi connectivity index (χ1n) is 7.39. The molecular weight excluding hydrogens is 326 g/mol. The smallest absolute Gasteiger partial charge is 0.251 e. The Morgan fingerprint density at radius 2 is 1.58 bits per heavy atom. The van der Waals surface area contributed by atoms with Gasteiger partial charge in [-0.1, -0.05) is 6.07 Å². The average Bonchev–Trinajstić information content (AvgIpc) is 2.99. The Labute approximate surface area is 144 Å². The Kier molecular flexibility index (Phi) is 5.70. The van der Waals surface area contributed by atoms with E-state index in [-0.39, 0.29) is 23.8 Å². The molecule has 6 nitrogen and oxygen atoms in total. The van der Waals surface area contributed by atoms with Crippen LogP contribution in [0.4, 0.5) is 11.4 Å². The molecule has 0 radical (unpaired) electrons. The first kappa shape index (κ1) is 17.7. The molecule has 1 atom stereocenters. The minimum Gasteiger partial charge on any atom is -0.345 e. The van der Waals surface area contributed by atoms with E-state index in [1.807, 2.05) is 24.4 Å². The molecule has 0 fully saturated rings. The molecular formula is C17H19N3O3S. The van der Waals surface area contributed by atoms with Crippen LogP contribution in [-0.2, 0) is 9.59 Å². The number of thiophene rings is 1. The summed E-state index contributed by atoms with van der Waals surface area (Å²) < 4.78 is 0. The minimum atomic E-state index is -0.283. The monoisotopic (exact) mass is 345 g/mol. The molecule has 0 aliphatic heterocycles. The summed E-state index contributed by atoms with van der Waals surface area (Å²) >= 11 is 1.56. The molecule has 2 aromatic rings. The van der Waals surface area contributed by atoms with Crippen LogP contribution >= 0.6 is 11.3 Å². The van der Waals surface area contributed by atoms with Crippen LogP contribution in [0.2, 0.25) is 0 Å². The molecule has 0 aliphatic rings. The molecule has 2 rings (SSSR count). The first-order valence-corrected chi connectivity index (χ1v) is 8.27. The highest BCUT2D eigenvalue weighted by Gasteiger charge is 2.14. The van der Waals surface area contributed by atoms with Gasteiger partial charge in [0.25, 0.3) is 5.91 Å². The third-order valence-corrected chi connectivity index (χ3v) is 4.21. The van der Waals surface area contributed by atoms with Crippen molar-refractivity contribution < 1.29 is 14.4 Å². The zero-order valence-electron chi connectivity index (χ0n) is 13.7. The van der Waals surface area contributed by atoms with Gasteiger partial charge < -0.3 is 16.0 Å². The molecule has 0 saturated heterocycles. The van der Waals surface area contributed by atoms with Crippen molar-refractivity contribution >= 4 is 40.4 Å². The van der Waals surface area contributed by atoms with Crippen molar-refractivity contribution in [3.63, 3.8) is 0 Å². The molecule has 3 N–H and O–H groups in total. The molecule has 1 aromatic heterocycles. The number of hydrogen-bond donors (Lipinski definition) is 3. The van der Waals surface area contributed by atoms with E-state index in [0.717, 1.165) is 4.88 Å². The van der Waals surface area contributed by atoms with Crippen LogP contribution in [-0.4, -0.2) is 17.7 Å². The largest absolute Gasteiger partial charge is 0.345 e. The van der Waals surface area contributed by atoms with Crippen LogP contribution in [0.25, 0.3) is 0 Å². The zero-order valence-corrected chi connectivity index (χ0v) is 14.5. The second-order valence-electron chi connectivity index (χ2n) is 5.37. The van der Waals surface area contributed by atoms with Crippen LogP contribution < -0.4 is 16.0 Å². The van der Waals surface area contributed by atoms with Crippen molar-refractivity contribution in [1.29, 1.82) is 0 Å². The number of anilines is 2. The van der Waals surface area contributed by atoms with E-state index >= 15 is 0 Å². The third-order valence-electron chi connectivity index (χ3n) is 3.15. The lowest BCUT2D eigenvalue weighted by Gasteiger charge is -2.14.